The van der Waals surface area contributed by atoms with Gasteiger partial charge in [-0.25, -0.2) is 8.78 Å². The van der Waals surface area contributed by atoms with Crippen LogP contribution in [0.2, 0.25) is 0 Å². The van der Waals surface area contributed by atoms with Crippen molar-refractivity contribution in [2.75, 3.05) is 7.11 Å². The number of carbonyl (C=O) groups is 1. The first-order valence-electron chi connectivity index (χ1n) is 6.62. The molecule has 0 N–H and O–H groups in total. The van der Waals surface area contributed by atoms with E-state index >= 15 is 0 Å². The number of benzene rings is 1. The van der Waals surface area contributed by atoms with Gasteiger partial charge in [-0.05, 0) is 18.9 Å². The smallest absolute Gasteiger partial charge is 0.169 e. The Labute approximate surface area is 112 Å². The Morgan fingerprint density at radius 2 is 1.79 bits per heavy atom. The fourth-order valence-electron chi connectivity index (χ4n) is 2.27. The molecular formula is C15H20F2O2. The van der Waals surface area contributed by atoms with Gasteiger partial charge in [-0.2, -0.15) is 0 Å². The van der Waals surface area contributed by atoms with Crippen molar-refractivity contribution in [1.29, 1.82) is 0 Å². The predicted molar refractivity (Wildman–Crippen MR) is 70.5 cm³/mol. The minimum Gasteiger partial charge on any atom is -0.493 e. The van der Waals surface area contributed by atoms with Crippen molar-refractivity contribution in [3.05, 3.63) is 29.3 Å². The van der Waals surface area contributed by atoms with E-state index in [1.165, 1.54) is 7.11 Å². The lowest BCUT2D eigenvalue weighted by atomic mass is 9.89. The lowest BCUT2D eigenvalue weighted by molar-refractivity contribution is 0.0900. The van der Waals surface area contributed by atoms with Crippen LogP contribution >= 0.6 is 0 Å². The quantitative estimate of drug-likeness (QED) is 0.687. The van der Waals surface area contributed by atoms with Gasteiger partial charge >= 0.3 is 0 Å². The van der Waals surface area contributed by atoms with Crippen molar-refractivity contribution in [3.8, 4) is 5.75 Å². The maximum atomic E-state index is 13.6. The van der Waals surface area contributed by atoms with Crippen LogP contribution in [0.15, 0.2) is 12.1 Å². The van der Waals surface area contributed by atoms with Gasteiger partial charge in [0.15, 0.2) is 17.3 Å². The minimum atomic E-state index is -0.836. The molecule has 1 aromatic carbocycles. The summed E-state index contributed by atoms with van der Waals surface area (Å²) in [5.41, 5.74) is 0.00639. The van der Waals surface area contributed by atoms with E-state index in [4.69, 9.17) is 4.74 Å². The molecule has 0 heterocycles. The molecule has 0 spiro atoms. The second kappa shape index (κ2) is 7.22. The molecule has 19 heavy (non-hydrogen) atoms. The highest BCUT2D eigenvalue weighted by molar-refractivity contribution is 6.00. The van der Waals surface area contributed by atoms with Crippen LogP contribution in [0, 0.1) is 17.6 Å². The molecule has 0 radical (unpaired) electrons. The molecule has 0 aromatic heterocycles. The van der Waals surface area contributed by atoms with Crippen molar-refractivity contribution >= 4 is 5.78 Å². The fraction of sp³-hybridized carbons (Fsp3) is 0.533. The van der Waals surface area contributed by atoms with E-state index in [9.17, 15) is 13.6 Å². The van der Waals surface area contributed by atoms with Gasteiger partial charge in [0.05, 0.1) is 12.7 Å². The zero-order valence-corrected chi connectivity index (χ0v) is 11.6. The van der Waals surface area contributed by atoms with Crippen LogP contribution in [0.3, 0.4) is 0 Å². The number of ketones is 1. The minimum absolute atomic E-state index is 0.00639. The zero-order valence-electron chi connectivity index (χ0n) is 11.6. The Kier molecular flexibility index (Phi) is 5.93. The zero-order chi connectivity index (χ0) is 14.4. The summed E-state index contributed by atoms with van der Waals surface area (Å²) >= 11 is 0. The highest BCUT2D eigenvalue weighted by atomic mass is 19.1. The molecule has 0 atom stereocenters. The molecule has 0 fully saturated rings. The van der Waals surface area contributed by atoms with E-state index in [0.29, 0.717) is 12.8 Å². The number of Topliss-reactive ketones (excluding diaryl/α,β-unsaturated/α-hetero) is 1. The molecule has 4 heteroatoms. The average Bonchev–Trinajstić information content (AvgIpc) is 2.37. The normalized spacial score (nSPS) is 10.8. The first kappa shape index (κ1) is 15.6. The van der Waals surface area contributed by atoms with Crippen LogP contribution in [0.25, 0.3) is 0 Å². The third-order valence-corrected chi connectivity index (χ3v) is 3.12. The Hall–Kier alpha value is -1.45. The number of halogens is 2. The highest BCUT2D eigenvalue weighted by Crippen LogP contribution is 2.29. The summed E-state index contributed by atoms with van der Waals surface area (Å²) in [5.74, 6) is -2.20. The second-order valence-electron chi connectivity index (χ2n) is 4.61. The summed E-state index contributed by atoms with van der Waals surface area (Å²) in [4.78, 5) is 12.4. The van der Waals surface area contributed by atoms with Crippen molar-refractivity contribution in [2.45, 2.75) is 39.5 Å². The van der Waals surface area contributed by atoms with Gasteiger partial charge in [-0.3, -0.25) is 4.79 Å². The van der Waals surface area contributed by atoms with Crippen LogP contribution in [-0.2, 0) is 0 Å². The van der Waals surface area contributed by atoms with Gasteiger partial charge in [0, 0.05) is 12.0 Å². The number of ether oxygens (including phenoxy) is 1. The Morgan fingerprint density at radius 3 is 2.26 bits per heavy atom. The molecule has 0 saturated carbocycles. The van der Waals surface area contributed by atoms with E-state index in [2.05, 4.69) is 0 Å². The Balaban J connectivity index is 3.15. The van der Waals surface area contributed by atoms with Crippen molar-refractivity contribution in [1.82, 2.24) is 0 Å². The summed E-state index contributed by atoms with van der Waals surface area (Å²) in [5, 5.41) is 0. The number of carbonyl (C=O) groups excluding carboxylic acids is 1. The van der Waals surface area contributed by atoms with E-state index in [-0.39, 0.29) is 23.0 Å². The summed E-state index contributed by atoms with van der Waals surface area (Å²) in [6.45, 7) is 3.97. The number of rotatable bonds is 7. The van der Waals surface area contributed by atoms with E-state index in [1.807, 2.05) is 13.8 Å². The van der Waals surface area contributed by atoms with Gasteiger partial charge < -0.3 is 4.74 Å². The molecule has 0 bridgehead atoms. The summed E-state index contributed by atoms with van der Waals surface area (Å²) in [6, 6.07) is 1.78. The lowest BCUT2D eigenvalue weighted by Gasteiger charge is -2.16. The van der Waals surface area contributed by atoms with Crippen LogP contribution in [0.4, 0.5) is 8.78 Å². The van der Waals surface area contributed by atoms with E-state index in [0.717, 1.165) is 25.0 Å². The van der Waals surface area contributed by atoms with E-state index < -0.39 is 11.6 Å². The molecule has 1 rings (SSSR count). The van der Waals surface area contributed by atoms with Crippen LogP contribution < -0.4 is 4.74 Å². The third kappa shape index (κ3) is 3.75. The van der Waals surface area contributed by atoms with Crippen LogP contribution in [0.5, 0.6) is 5.75 Å². The lowest BCUT2D eigenvalue weighted by Crippen LogP contribution is -2.16. The topological polar surface area (TPSA) is 26.3 Å². The average molecular weight is 270 g/mol. The van der Waals surface area contributed by atoms with Crippen molar-refractivity contribution in [2.24, 2.45) is 5.92 Å². The standard InChI is InChI=1S/C15H20F2O2/c1-4-6-10(7-5-2)14(18)12-8-11(16)9-13(17)15(12)19-3/h8-10H,4-7H2,1-3H3. The SMILES string of the molecule is CCCC(CCC)C(=O)c1cc(F)cc(F)c1OC. The molecule has 1 aromatic rings. The fourth-order valence-corrected chi connectivity index (χ4v) is 2.27. The van der Waals surface area contributed by atoms with Crippen LogP contribution in [0.1, 0.15) is 49.9 Å². The number of hydrogen-bond acceptors (Lipinski definition) is 2. The Bertz CT molecular complexity index is 438. The third-order valence-electron chi connectivity index (χ3n) is 3.12. The van der Waals surface area contributed by atoms with Gasteiger partial charge in [-0.15, -0.1) is 0 Å². The monoisotopic (exact) mass is 270 g/mol. The molecule has 0 saturated heterocycles. The van der Waals surface area contributed by atoms with Gasteiger partial charge in [0.2, 0.25) is 0 Å². The first-order chi connectivity index (χ1) is 9.04. The van der Waals surface area contributed by atoms with Gasteiger partial charge in [0.25, 0.3) is 0 Å². The predicted octanol–water partition coefficient (Wildman–Crippen LogP) is 4.37. The highest BCUT2D eigenvalue weighted by Gasteiger charge is 2.24. The summed E-state index contributed by atoms with van der Waals surface area (Å²) < 4.78 is 31.8. The Morgan fingerprint density at radius 1 is 1.21 bits per heavy atom. The summed E-state index contributed by atoms with van der Waals surface area (Å²) in [6.07, 6.45) is 3.15. The molecule has 0 aliphatic rings. The van der Waals surface area contributed by atoms with Crippen molar-refractivity contribution < 1.29 is 18.3 Å². The first-order valence-corrected chi connectivity index (χ1v) is 6.62. The van der Waals surface area contributed by atoms with Crippen molar-refractivity contribution in [3.63, 3.8) is 0 Å². The van der Waals surface area contributed by atoms with Crippen LogP contribution in [-0.4, -0.2) is 12.9 Å². The van der Waals surface area contributed by atoms with Gasteiger partial charge in [0.1, 0.15) is 5.82 Å². The molecule has 106 valence electrons. The molecule has 0 amide bonds. The number of methoxy groups -OCH3 is 1. The molecule has 0 unspecified atom stereocenters. The number of hydrogen-bond donors (Lipinski definition) is 0. The molecule has 0 aliphatic carbocycles. The van der Waals surface area contributed by atoms with E-state index in [1.54, 1.807) is 0 Å². The summed E-state index contributed by atoms with van der Waals surface area (Å²) in [7, 11) is 1.28. The molecular weight excluding hydrogens is 250 g/mol. The molecule has 0 aliphatic heterocycles. The second-order valence-corrected chi connectivity index (χ2v) is 4.61. The van der Waals surface area contributed by atoms with Gasteiger partial charge in [-0.1, -0.05) is 26.7 Å². The maximum Gasteiger partial charge on any atom is 0.169 e. The maximum absolute atomic E-state index is 13.6. The molecule has 2 nitrogen and oxygen atoms in total. The largest absolute Gasteiger partial charge is 0.493 e.